The zero-order valence-corrected chi connectivity index (χ0v) is 10.6. The summed E-state index contributed by atoms with van der Waals surface area (Å²) in [5.74, 6) is 0.428. The molecule has 0 saturated carbocycles. The Balaban J connectivity index is 2.34. The molecule has 4 heteroatoms. The minimum Gasteiger partial charge on any atom is -0.496 e. The van der Waals surface area contributed by atoms with Crippen LogP contribution in [0, 0.1) is 0 Å². The van der Waals surface area contributed by atoms with Crippen molar-refractivity contribution in [2.75, 3.05) is 13.7 Å². The molecule has 0 radical (unpaired) electrons. The number of rotatable bonds is 4. The van der Waals surface area contributed by atoms with Crippen LogP contribution in [0.3, 0.4) is 0 Å². The normalized spacial score (nSPS) is 13.3. The largest absolute Gasteiger partial charge is 0.496 e. The average molecular weight is 248 g/mol. The van der Waals surface area contributed by atoms with E-state index >= 15 is 0 Å². The Bertz CT molecular complexity index is 491. The Morgan fingerprint density at radius 1 is 1.33 bits per heavy atom. The summed E-state index contributed by atoms with van der Waals surface area (Å²) in [4.78, 5) is 23.3. The number of ketones is 1. The van der Waals surface area contributed by atoms with Gasteiger partial charge in [0.05, 0.1) is 25.7 Å². The number of methoxy groups -OCH3 is 1. The number of fused-ring (bicyclic) bond motifs is 1. The van der Waals surface area contributed by atoms with Crippen molar-refractivity contribution >= 4 is 11.8 Å². The monoisotopic (exact) mass is 248 g/mol. The second-order valence-corrected chi connectivity index (χ2v) is 4.19. The van der Waals surface area contributed by atoms with Crippen molar-refractivity contribution in [2.24, 2.45) is 0 Å². The molecule has 0 atom stereocenters. The quantitative estimate of drug-likeness (QED) is 0.764. The molecule has 0 aromatic heterocycles. The second-order valence-electron chi connectivity index (χ2n) is 4.19. The van der Waals surface area contributed by atoms with Gasteiger partial charge in [0.1, 0.15) is 5.75 Å². The molecule has 1 aliphatic rings. The highest BCUT2D eigenvalue weighted by Crippen LogP contribution is 2.33. The molecule has 0 saturated heterocycles. The van der Waals surface area contributed by atoms with E-state index in [1.807, 2.05) is 6.07 Å². The Morgan fingerprint density at radius 3 is 2.78 bits per heavy atom. The first-order chi connectivity index (χ1) is 8.67. The van der Waals surface area contributed by atoms with Crippen molar-refractivity contribution in [3.8, 4) is 5.75 Å². The molecule has 0 spiro atoms. The lowest BCUT2D eigenvalue weighted by Gasteiger charge is -2.11. The van der Waals surface area contributed by atoms with Crippen LogP contribution in [-0.4, -0.2) is 25.5 Å². The van der Waals surface area contributed by atoms with Crippen LogP contribution in [0.4, 0.5) is 0 Å². The van der Waals surface area contributed by atoms with Crippen molar-refractivity contribution in [1.82, 2.24) is 0 Å². The molecule has 1 aromatic rings. The maximum atomic E-state index is 11.8. The minimum absolute atomic E-state index is 0.0903. The SMILES string of the molecule is CCOC(=O)Cc1ccc(OC)c2c1CCC2=O. The summed E-state index contributed by atoms with van der Waals surface area (Å²) < 4.78 is 10.1. The molecule has 18 heavy (non-hydrogen) atoms. The molecular formula is C14H16O4. The van der Waals surface area contributed by atoms with Gasteiger partial charge in [0.25, 0.3) is 0 Å². The molecule has 96 valence electrons. The van der Waals surface area contributed by atoms with Crippen LogP contribution in [0.2, 0.25) is 0 Å². The van der Waals surface area contributed by atoms with E-state index in [0.717, 1.165) is 11.1 Å². The lowest BCUT2D eigenvalue weighted by molar-refractivity contribution is -0.142. The fourth-order valence-electron chi connectivity index (χ4n) is 2.33. The summed E-state index contributed by atoms with van der Waals surface area (Å²) in [5, 5.41) is 0. The van der Waals surface area contributed by atoms with Gasteiger partial charge in [-0.05, 0) is 30.5 Å². The van der Waals surface area contributed by atoms with Crippen LogP contribution in [-0.2, 0) is 22.4 Å². The summed E-state index contributed by atoms with van der Waals surface area (Å²) in [7, 11) is 1.55. The van der Waals surface area contributed by atoms with E-state index in [1.165, 1.54) is 0 Å². The van der Waals surface area contributed by atoms with Crippen LogP contribution < -0.4 is 4.74 Å². The van der Waals surface area contributed by atoms with Crippen molar-refractivity contribution < 1.29 is 19.1 Å². The first kappa shape index (κ1) is 12.6. The highest BCUT2D eigenvalue weighted by Gasteiger charge is 2.26. The molecule has 0 N–H and O–H groups in total. The zero-order chi connectivity index (χ0) is 13.1. The van der Waals surface area contributed by atoms with E-state index < -0.39 is 0 Å². The highest BCUT2D eigenvalue weighted by molar-refractivity contribution is 6.03. The average Bonchev–Trinajstić information content (AvgIpc) is 2.73. The van der Waals surface area contributed by atoms with E-state index in [2.05, 4.69) is 0 Å². The molecule has 0 aliphatic heterocycles. The van der Waals surface area contributed by atoms with Gasteiger partial charge in [0, 0.05) is 6.42 Å². The van der Waals surface area contributed by atoms with Gasteiger partial charge >= 0.3 is 5.97 Å². The maximum absolute atomic E-state index is 11.8. The second kappa shape index (κ2) is 5.21. The Morgan fingerprint density at radius 2 is 2.11 bits per heavy atom. The van der Waals surface area contributed by atoms with Crippen molar-refractivity contribution in [2.45, 2.75) is 26.2 Å². The van der Waals surface area contributed by atoms with Crippen molar-refractivity contribution in [1.29, 1.82) is 0 Å². The number of Topliss-reactive ketones (excluding diaryl/α,β-unsaturated/α-hetero) is 1. The molecular weight excluding hydrogens is 232 g/mol. The van der Waals surface area contributed by atoms with Crippen molar-refractivity contribution in [3.63, 3.8) is 0 Å². The van der Waals surface area contributed by atoms with Gasteiger partial charge in [-0.2, -0.15) is 0 Å². The van der Waals surface area contributed by atoms with Gasteiger partial charge in [-0.25, -0.2) is 0 Å². The molecule has 2 rings (SSSR count). The molecule has 0 bridgehead atoms. The smallest absolute Gasteiger partial charge is 0.310 e. The lowest BCUT2D eigenvalue weighted by Crippen LogP contribution is -2.10. The van der Waals surface area contributed by atoms with Crippen LogP contribution in [0.15, 0.2) is 12.1 Å². The van der Waals surface area contributed by atoms with E-state index in [-0.39, 0.29) is 18.2 Å². The zero-order valence-electron chi connectivity index (χ0n) is 10.6. The van der Waals surface area contributed by atoms with Gasteiger partial charge in [-0.3, -0.25) is 9.59 Å². The summed E-state index contributed by atoms with van der Waals surface area (Å²) in [6, 6.07) is 3.59. The third-order valence-electron chi connectivity index (χ3n) is 3.11. The Labute approximate surface area is 106 Å². The van der Waals surface area contributed by atoms with Crippen LogP contribution in [0.25, 0.3) is 0 Å². The van der Waals surface area contributed by atoms with E-state index in [1.54, 1.807) is 20.1 Å². The number of hydrogen-bond acceptors (Lipinski definition) is 4. The Hall–Kier alpha value is -1.84. The number of hydrogen-bond donors (Lipinski definition) is 0. The molecule has 0 amide bonds. The van der Waals surface area contributed by atoms with Crippen LogP contribution >= 0.6 is 0 Å². The number of benzene rings is 1. The summed E-state index contributed by atoms with van der Waals surface area (Å²) in [6.45, 7) is 2.15. The molecule has 0 fully saturated rings. The Kier molecular flexibility index (Phi) is 3.65. The van der Waals surface area contributed by atoms with Gasteiger partial charge in [0.15, 0.2) is 5.78 Å². The van der Waals surface area contributed by atoms with Gasteiger partial charge in [-0.1, -0.05) is 6.07 Å². The van der Waals surface area contributed by atoms with E-state index in [4.69, 9.17) is 9.47 Å². The summed E-state index contributed by atoms with van der Waals surface area (Å²) >= 11 is 0. The minimum atomic E-state index is -0.260. The van der Waals surface area contributed by atoms with Crippen LogP contribution in [0.1, 0.15) is 34.8 Å². The maximum Gasteiger partial charge on any atom is 0.310 e. The topological polar surface area (TPSA) is 52.6 Å². The van der Waals surface area contributed by atoms with Crippen LogP contribution in [0.5, 0.6) is 5.75 Å². The van der Waals surface area contributed by atoms with E-state index in [0.29, 0.717) is 30.8 Å². The molecule has 0 unspecified atom stereocenters. The first-order valence-corrected chi connectivity index (χ1v) is 6.05. The standard InChI is InChI=1S/C14H16O4/c1-3-18-13(16)8-9-4-7-12(17-2)14-10(9)5-6-11(14)15/h4,7H,3,5-6,8H2,1-2H3. The third-order valence-corrected chi connectivity index (χ3v) is 3.11. The fraction of sp³-hybridized carbons (Fsp3) is 0.429. The van der Waals surface area contributed by atoms with Gasteiger partial charge < -0.3 is 9.47 Å². The number of carbonyl (C=O) groups is 2. The summed E-state index contributed by atoms with van der Waals surface area (Å²) in [5.41, 5.74) is 2.45. The molecule has 0 heterocycles. The number of ether oxygens (including phenoxy) is 2. The van der Waals surface area contributed by atoms with E-state index in [9.17, 15) is 9.59 Å². The molecule has 1 aliphatic carbocycles. The predicted molar refractivity (Wildman–Crippen MR) is 66.0 cm³/mol. The summed E-state index contributed by atoms with van der Waals surface area (Å²) in [6.07, 6.45) is 1.39. The highest BCUT2D eigenvalue weighted by atomic mass is 16.5. The first-order valence-electron chi connectivity index (χ1n) is 6.05. The number of esters is 1. The van der Waals surface area contributed by atoms with Gasteiger partial charge in [0.2, 0.25) is 0 Å². The molecule has 4 nitrogen and oxygen atoms in total. The fourth-order valence-corrected chi connectivity index (χ4v) is 2.33. The predicted octanol–water partition coefficient (Wildman–Crippen LogP) is 1.93. The molecule has 1 aromatic carbocycles. The lowest BCUT2D eigenvalue weighted by atomic mass is 10.00. The number of carbonyl (C=O) groups excluding carboxylic acids is 2. The van der Waals surface area contributed by atoms with Gasteiger partial charge in [-0.15, -0.1) is 0 Å². The third kappa shape index (κ3) is 2.23. The van der Waals surface area contributed by atoms with Crippen molar-refractivity contribution in [3.05, 3.63) is 28.8 Å².